The van der Waals surface area contributed by atoms with Crippen molar-refractivity contribution in [3.63, 3.8) is 0 Å². The smallest absolute Gasteiger partial charge is 0.254 e. The predicted molar refractivity (Wildman–Crippen MR) is 91.8 cm³/mol. The lowest BCUT2D eigenvalue weighted by atomic mass is 10.0. The standard InChI is InChI=1S/C19H21FN2O2/c1-2-24-16-5-3-4-14(12-16)17-7-6-15(13-18(17)20)19(23)22-10-8-21-9-11-22/h3-7,12-13,21H,2,8-11H2,1H3. The average molecular weight is 328 g/mol. The Balaban J connectivity index is 1.84. The number of nitrogens with zero attached hydrogens (tertiary/aromatic N) is 1. The first-order valence-corrected chi connectivity index (χ1v) is 8.22. The molecule has 0 radical (unpaired) electrons. The number of benzene rings is 2. The summed E-state index contributed by atoms with van der Waals surface area (Å²) in [4.78, 5) is 14.2. The lowest BCUT2D eigenvalue weighted by Gasteiger charge is -2.27. The topological polar surface area (TPSA) is 41.6 Å². The normalized spacial score (nSPS) is 14.5. The Morgan fingerprint density at radius 3 is 2.71 bits per heavy atom. The average Bonchev–Trinajstić information content (AvgIpc) is 2.62. The number of carbonyl (C=O) groups is 1. The van der Waals surface area contributed by atoms with Crippen LogP contribution in [0.25, 0.3) is 11.1 Å². The molecule has 1 heterocycles. The third-order valence-corrected chi connectivity index (χ3v) is 4.08. The van der Waals surface area contributed by atoms with Crippen LogP contribution >= 0.6 is 0 Å². The van der Waals surface area contributed by atoms with Gasteiger partial charge in [-0.05, 0) is 36.8 Å². The van der Waals surface area contributed by atoms with E-state index in [4.69, 9.17) is 4.74 Å². The van der Waals surface area contributed by atoms with E-state index < -0.39 is 5.82 Å². The van der Waals surface area contributed by atoms with Crippen molar-refractivity contribution < 1.29 is 13.9 Å². The summed E-state index contributed by atoms with van der Waals surface area (Å²) < 4.78 is 20.0. The second-order valence-corrected chi connectivity index (χ2v) is 5.70. The Hall–Kier alpha value is -2.40. The van der Waals surface area contributed by atoms with E-state index in [0.29, 0.717) is 36.6 Å². The van der Waals surface area contributed by atoms with E-state index in [1.807, 2.05) is 25.1 Å². The van der Waals surface area contributed by atoms with Crippen LogP contribution in [0.4, 0.5) is 4.39 Å². The van der Waals surface area contributed by atoms with E-state index in [1.54, 1.807) is 23.1 Å². The van der Waals surface area contributed by atoms with E-state index in [1.165, 1.54) is 6.07 Å². The molecule has 0 atom stereocenters. The Labute approximate surface area is 141 Å². The number of ether oxygens (including phenoxy) is 1. The molecule has 0 unspecified atom stereocenters. The van der Waals surface area contributed by atoms with Gasteiger partial charge >= 0.3 is 0 Å². The molecule has 0 bridgehead atoms. The maximum absolute atomic E-state index is 14.6. The van der Waals surface area contributed by atoms with Crippen molar-refractivity contribution >= 4 is 5.91 Å². The van der Waals surface area contributed by atoms with Crippen molar-refractivity contribution in [1.29, 1.82) is 0 Å². The molecule has 1 fully saturated rings. The van der Waals surface area contributed by atoms with Crippen LogP contribution in [-0.2, 0) is 0 Å². The third kappa shape index (κ3) is 3.57. The maximum atomic E-state index is 14.6. The Kier molecular flexibility index (Phi) is 5.11. The molecule has 3 rings (SSSR count). The third-order valence-electron chi connectivity index (χ3n) is 4.08. The minimum atomic E-state index is -0.398. The molecule has 0 saturated carbocycles. The minimum Gasteiger partial charge on any atom is -0.494 e. The molecule has 24 heavy (non-hydrogen) atoms. The van der Waals surface area contributed by atoms with Crippen molar-refractivity contribution in [3.8, 4) is 16.9 Å². The molecule has 1 aliphatic heterocycles. The molecule has 1 aliphatic rings. The number of halogens is 1. The number of amides is 1. The number of hydrogen-bond acceptors (Lipinski definition) is 3. The lowest BCUT2D eigenvalue weighted by molar-refractivity contribution is 0.0735. The monoisotopic (exact) mass is 328 g/mol. The summed E-state index contributed by atoms with van der Waals surface area (Å²) in [6.45, 7) is 5.32. The van der Waals surface area contributed by atoms with Crippen LogP contribution in [0.3, 0.4) is 0 Å². The molecule has 126 valence electrons. The minimum absolute atomic E-state index is 0.120. The Bertz CT molecular complexity index is 727. The largest absolute Gasteiger partial charge is 0.494 e. The fraction of sp³-hybridized carbons (Fsp3) is 0.316. The molecule has 1 amide bonds. The van der Waals surface area contributed by atoms with E-state index >= 15 is 0 Å². The van der Waals surface area contributed by atoms with Crippen LogP contribution in [0, 0.1) is 5.82 Å². The van der Waals surface area contributed by atoms with Gasteiger partial charge in [0.1, 0.15) is 11.6 Å². The number of rotatable bonds is 4. The highest BCUT2D eigenvalue weighted by molar-refractivity contribution is 5.95. The highest BCUT2D eigenvalue weighted by Gasteiger charge is 2.19. The van der Waals surface area contributed by atoms with Crippen LogP contribution in [0.2, 0.25) is 0 Å². The zero-order valence-electron chi connectivity index (χ0n) is 13.7. The van der Waals surface area contributed by atoms with Crippen molar-refractivity contribution in [3.05, 3.63) is 53.8 Å². The van der Waals surface area contributed by atoms with Crippen molar-refractivity contribution in [1.82, 2.24) is 10.2 Å². The maximum Gasteiger partial charge on any atom is 0.254 e. The second-order valence-electron chi connectivity index (χ2n) is 5.70. The van der Waals surface area contributed by atoms with Crippen LogP contribution in [-0.4, -0.2) is 43.6 Å². The predicted octanol–water partition coefficient (Wildman–Crippen LogP) is 2.94. The summed E-state index contributed by atoms with van der Waals surface area (Å²) in [6.07, 6.45) is 0. The van der Waals surface area contributed by atoms with Gasteiger partial charge in [-0.1, -0.05) is 18.2 Å². The highest BCUT2D eigenvalue weighted by atomic mass is 19.1. The van der Waals surface area contributed by atoms with Gasteiger partial charge in [0.2, 0.25) is 0 Å². The van der Waals surface area contributed by atoms with E-state index in [0.717, 1.165) is 18.7 Å². The van der Waals surface area contributed by atoms with E-state index in [-0.39, 0.29) is 5.91 Å². The van der Waals surface area contributed by atoms with Gasteiger partial charge in [-0.25, -0.2) is 4.39 Å². The van der Waals surface area contributed by atoms with Gasteiger partial charge in [0.15, 0.2) is 0 Å². The van der Waals surface area contributed by atoms with E-state index in [9.17, 15) is 9.18 Å². The van der Waals surface area contributed by atoms with Gasteiger partial charge in [-0.3, -0.25) is 4.79 Å². The summed E-state index contributed by atoms with van der Waals surface area (Å²) in [6, 6.07) is 12.0. The fourth-order valence-electron chi connectivity index (χ4n) is 2.85. The van der Waals surface area contributed by atoms with E-state index in [2.05, 4.69) is 5.32 Å². The van der Waals surface area contributed by atoms with Gasteiger partial charge < -0.3 is 15.0 Å². The van der Waals surface area contributed by atoms with Crippen molar-refractivity contribution in [2.75, 3.05) is 32.8 Å². The van der Waals surface area contributed by atoms with Crippen LogP contribution < -0.4 is 10.1 Å². The first kappa shape index (κ1) is 16.5. The molecule has 2 aromatic rings. The molecular weight excluding hydrogens is 307 g/mol. The van der Waals surface area contributed by atoms with Gasteiger partial charge in [0.05, 0.1) is 6.61 Å². The van der Waals surface area contributed by atoms with Crippen LogP contribution in [0.1, 0.15) is 17.3 Å². The molecule has 1 N–H and O–H groups in total. The summed E-state index contributed by atoms with van der Waals surface area (Å²) >= 11 is 0. The van der Waals surface area contributed by atoms with Crippen molar-refractivity contribution in [2.45, 2.75) is 6.92 Å². The number of hydrogen-bond donors (Lipinski definition) is 1. The Morgan fingerprint density at radius 1 is 1.21 bits per heavy atom. The molecule has 0 spiro atoms. The number of nitrogens with one attached hydrogen (secondary N) is 1. The van der Waals surface area contributed by atoms with Gasteiger partial charge in [0.25, 0.3) is 5.91 Å². The van der Waals surface area contributed by atoms with Crippen molar-refractivity contribution in [2.24, 2.45) is 0 Å². The molecule has 4 nitrogen and oxygen atoms in total. The summed E-state index contributed by atoms with van der Waals surface area (Å²) in [5.74, 6) is 0.185. The zero-order valence-corrected chi connectivity index (χ0v) is 13.7. The van der Waals surface area contributed by atoms with Crippen LogP contribution in [0.15, 0.2) is 42.5 Å². The highest BCUT2D eigenvalue weighted by Crippen LogP contribution is 2.27. The number of piperazine rings is 1. The number of carbonyl (C=O) groups excluding carboxylic acids is 1. The van der Waals surface area contributed by atoms with Gasteiger partial charge in [-0.2, -0.15) is 0 Å². The fourth-order valence-corrected chi connectivity index (χ4v) is 2.85. The molecule has 2 aromatic carbocycles. The lowest BCUT2D eigenvalue weighted by Crippen LogP contribution is -2.46. The molecule has 1 saturated heterocycles. The molecule has 0 aromatic heterocycles. The zero-order chi connectivity index (χ0) is 16.9. The first-order valence-electron chi connectivity index (χ1n) is 8.22. The Morgan fingerprint density at radius 2 is 2.00 bits per heavy atom. The SMILES string of the molecule is CCOc1cccc(-c2ccc(C(=O)N3CCNCC3)cc2F)c1. The molecular formula is C19H21FN2O2. The summed E-state index contributed by atoms with van der Waals surface area (Å²) in [7, 11) is 0. The van der Waals surface area contributed by atoms with Gasteiger partial charge in [0, 0.05) is 37.3 Å². The second kappa shape index (κ2) is 7.45. The summed E-state index contributed by atoms with van der Waals surface area (Å²) in [5.41, 5.74) is 1.59. The molecule has 5 heteroatoms. The van der Waals surface area contributed by atoms with Gasteiger partial charge in [-0.15, -0.1) is 0 Å². The quantitative estimate of drug-likeness (QED) is 0.938. The first-order chi connectivity index (χ1) is 11.7. The molecule has 0 aliphatic carbocycles. The summed E-state index contributed by atoms with van der Waals surface area (Å²) in [5, 5.41) is 3.20. The van der Waals surface area contributed by atoms with Crippen LogP contribution in [0.5, 0.6) is 5.75 Å².